The Morgan fingerprint density at radius 1 is 1.45 bits per heavy atom. The van der Waals surface area contributed by atoms with E-state index in [2.05, 4.69) is 44.0 Å². The number of fused-ring (bicyclic) bond motifs is 3. The third kappa shape index (κ3) is 2.67. The first kappa shape index (κ1) is 13.5. The lowest BCUT2D eigenvalue weighted by Crippen LogP contribution is -2.10. The van der Waals surface area contributed by atoms with Gasteiger partial charge in [-0.3, -0.25) is 15.3 Å². The molecule has 0 radical (unpaired) electrons. The van der Waals surface area contributed by atoms with Crippen molar-refractivity contribution in [3.63, 3.8) is 0 Å². The zero-order valence-electron chi connectivity index (χ0n) is 10.8. The highest BCUT2D eigenvalue weighted by atomic mass is 79.9. The molecule has 0 saturated carbocycles. The van der Waals surface area contributed by atoms with Gasteiger partial charge in [0.2, 0.25) is 0 Å². The summed E-state index contributed by atoms with van der Waals surface area (Å²) in [5, 5.41) is 2.02. The molecule has 20 heavy (non-hydrogen) atoms. The van der Waals surface area contributed by atoms with Crippen LogP contribution < -0.4 is 5.48 Å². The Kier molecular flexibility index (Phi) is 3.69. The smallest absolute Gasteiger partial charge is 0.126 e. The molecule has 1 N–H and O–H groups in total. The van der Waals surface area contributed by atoms with Crippen molar-refractivity contribution in [3.8, 4) is 0 Å². The van der Waals surface area contributed by atoms with E-state index in [1.165, 1.54) is 0 Å². The van der Waals surface area contributed by atoms with Gasteiger partial charge in [-0.1, -0.05) is 28.6 Å². The van der Waals surface area contributed by atoms with Crippen molar-refractivity contribution in [1.29, 1.82) is 0 Å². The summed E-state index contributed by atoms with van der Waals surface area (Å²) in [6.07, 6.45) is 1.80. The summed E-state index contributed by atoms with van der Waals surface area (Å²) in [7, 11) is 0. The molecule has 3 rings (SSSR count). The van der Waals surface area contributed by atoms with Gasteiger partial charge in [0.1, 0.15) is 17.1 Å². The molecular weight excluding hydrogens is 338 g/mol. The standard InChI is InChI=1S/C14H12BrN3OS/c1-8(2)18-19-7-13-17-12-6-16-11-5-9(15)3-4-10(11)14(12)20-13/h3-6,18H,1,7H2,2H3. The van der Waals surface area contributed by atoms with E-state index in [0.717, 1.165) is 36.3 Å². The number of hydrogen-bond donors (Lipinski definition) is 1. The van der Waals surface area contributed by atoms with Crippen LogP contribution in [0.5, 0.6) is 0 Å². The third-order valence-electron chi connectivity index (χ3n) is 2.67. The Balaban J connectivity index is 1.98. The quantitative estimate of drug-likeness (QED) is 0.718. The highest BCUT2D eigenvalue weighted by Crippen LogP contribution is 2.30. The lowest BCUT2D eigenvalue weighted by Gasteiger charge is -2.02. The van der Waals surface area contributed by atoms with Crippen molar-refractivity contribution < 1.29 is 4.84 Å². The van der Waals surface area contributed by atoms with Crippen LogP contribution >= 0.6 is 27.3 Å². The molecule has 0 unspecified atom stereocenters. The van der Waals surface area contributed by atoms with Gasteiger partial charge in [-0.25, -0.2) is 4.98 Å². The number of aromatic nitrogens is 2. The SMILES string of the molecule is C=C(C)NOCc1nc2cnc3cc(Br)ccc3c2s1. The minimum atomic E-state index is 0.407. The topological polar surface area (TPSA) is 47.0 Å². The molecule has 0 aliphatic heterocycles. The fourth-order valence-corrected chi connectivity index (χ4v) is 3.21. The van der Waals surface area contributed by atoms with Crippen molar-refractivity contribution >= 4 is 48.4 Å². The van der Waals surface area contributed by atoms with E-state index in [-0.39, 0.29) is 0 Å². The summed E-state index contributed by atoms with van der Waals surface area (Å²) in [5.41, 5.74) is 5.36. The molecule has 2 heterocycles. The van der Waals surface area contributed by atoms with E-state index in [1.54, 1.807) is 17.5 Å². The van der Waals surface area contributed by atoms with Gasteiger partial charge in [-0.05, 0) is 19.1 Å². The molecule has 0 aliphatic rings. The Hall–Kier alpha value is -1.50. The second-order valence-electron chi connectivity index (χ2n) is 4.41. The largest absolute Gasteiger partial charge is 0.272 e. The van der Waals surface area contributed by atoms with Crippen LogP contribution in [0, 0.1) is 0 Å². The van der Waals surface area contributed by atoms with Crippen LogP contribution in [0.2, 0.25) is 0 Å². The van der Waals surface area contributed by atoms with Crippen molar-refractivity contribution in [1.82, 2.24) is 15.4 Å². The average molecular weight is 350 g/mol. The van der Waals surface area contributed by atoms with Crippen molar-refractivity contribution in [2.75, 3.05) is 0 Å². The predicted molar refractivity (Wildman–Crippen MR) is 85.4 cm³/mol. The number of nitrogens with zero attached hydrogens (tertiary/aromatic N) is 2. The molecule has 0 atom stereocenters. The summed E-state index contributed by atoms with van der Waals surface area (Å²) in [4.78, 5) is 14.3. The number of rotatable bonds is 4. The first-order valence-corrected chi connectivity index (χ1v) is 7.61. The highest BCUT2D eigenvalue weighted by Gasteiger charge is 2.09. The molecule has 0 amide bonds. The monoisotopic (exact) mass is 349 g/mol. The van der Waals surface area contributed by atoms with Gasteiger partial charge in [0, 0.05) is 15.6 Å². The Morgan fingerprint density at radius 2 is 2.30 bits per heavy atom. The molecule has 102 valence electrons. The molecule has 2 aromatic heterocycles. The fraction of sp³-hybridized carbons (Fsp3) is 0.143. The first-order chi connectivity index (χ1) is 9.63. The van der Waals surface area contributed by atoms with Crippen molar-refractivity contribution in [2.24, 2.45) is 0 Å². The second kappa shape index (κ2) is 5.47. The molecular formula is C14H12BrN3OS. The van der Waals surface area contributed by atoms with E-state index in [1.807, 2.05) is 19.1 Å². The van der Waals surface area contributed by atoms with Crippen LogP contribution in [-0.4, -0.2) is 9.97 Å². The third-order valence-corrected chi connectivity index (χ3v) is 4.24. The Bertz CT molecular complexity index is 800. The number of halogens is 1. The number of benzene rings is 1. The van der Waals surface area contributed by atoms with Gasteiger partial charge in [0.15, 0.2) is 0 Å². The minimum absolute atomic E-state index is 0.407. The van der Waals surface area contributed by atoms with E-state index in [4.69, 9.17) is 4.84 Å². The van der Waals surface area contributed by atoms with E-state index in [0.29, 0.717) is 6.61 Å². The first-order valence-electron chi connectivity index (χ1n) is 6.00. The highest BCUT2D eigenvalue weighted by molar-refractivity contribution is 9.10. The summed E-state index contributed by atoms with van der Waals surface area (Å²) in [6.45, 7) is 5.96. The van der Waals surface area contributed by atoms with Gasteiger partial charge in [-0.2, -0.15) is 0 Å². The van der Waals surface area contributed by atoms with Gasteiger partial charge in [-0.15, -0.1) is 11.3 Å². The molecule has 1 aromatic carbocycles. The van der Waals surface area contributed by atoms with Crippen molar-refractivity contribution in [2.45, 2.75) is 13.5 Å². The van der Waals surface area contributed by atoms with Crippen LogP contribution in [0.15, 0.2) is 41.1 Å². The summed E-state index contributed by atoms with van der Waals surface area (Å²) in [6, 6.07) is 6.08. The maximum absolute atomic E-state index is 5.31. The van der Waals surface area contributed by atoms with Gasteiger partial charge in [0.25, 0.3) is 0 Å². The summed E-state index contributed by atoms with van der Waals surface area (Å²) < 4.78 is 2.16. The van der Waals surface area contributed by atoms with Crippen LogP contribution in [0.1, 0.15) is 11.9 Å². The van der Waals surface area contributed by atoms with Crippen molar-refractivity contribution in [3.05, 3.63) is 46.2 Å². The molecule has 0 bridgehead atoms. The number of hydroxylamine groups is 1. The maximum Gasteiger partial charge on any atom is 0.126 e. The van der Waals surface area contributed by atoms with Gasteiger partial charge in [0.05, 0.1) is 16.4 Å². The zero-order chi connectivity index (χ0) is 14.1. The van der Waals surface area contributed by atoms with Crippen LogP contribution in [0.4, 0.5) is 0 Å². The number of allylic oxidation sites excluding steroid dienone is 1. The normalized spacial score (nSPS) is 11.1. The average Bonchev–Trinajstić information content (AvgIpc) is 2.81. The molecule has 3 aromatic rings. The minimum Gasteiger partial charge on any atom is -0.272 e. The lowest BCUT2D eigenvalue weighted by molar-refractivity contribution is 0.0496. The number of nitrogens with one attached hydrogen (secondary N) is 1. The molecule has 4 nitrogen and oxygen atoms in total. The molecule has 0 saturated heterocycles. The van der Waals surface area contributed by atoms with Crippen LogP contribution in [0.3, 0.4) is 0 Å². The molecule has 0 spiro atoms. The van der Waals surface area contributed by atoms with E-state index >= 15 is 0 Å². The molecule has 0 fully saturated rings. The lowest BCUT2D eigenvalue weighted by atomic mass is 10.2. The molecule has 0 aliphatic carbocycles. The van der Waals surface area contributed by atoms with Crippen LogP contribution in [0.25, 0.3) is 21.1 Å². The number of thiazole rings is 1. The number of pyridine rings is 1. The van der Waals surface area contributed by atoms with E-state index < -0.39 is 0 Å². The number of hydrogen-bond acceptors (Lipinski definition) is 5. The Labute approximate surface area is 128 Å². The van der Waals surface area contributed by atoms with Gasteiger partial charge < -0.3 is 0 Å². The molecule has 6 heteroatoms. The van der Waals surface area contributed by atoms with Gasteiger partial charge >= 0.3 is 0 Å². The predicted octanol–water partition coefficient (Wildman–Crippen LogP) is 4.16. The zero-order valence-corrected chi connectivity index (χ0v) is 13.2. The van der Waals surface area contributed by atoms with Crippen LogP contribution in [-0.2, 0) is 11.4 Å². The Morgan fingerprint density at radius 3 is 3.10 bits per heavy atom. The summed E-state index contributed by atoms with van der Waals surface area (Å²) in [5.74, 6) is 0. The van der Waals surface area contributed by atoms with E-state index in [9.17, 15) is 0 Å². The second-order valence-corrected chi connectivity index (χ2v) is 6.41. The summed E-state index contributed by atoms with van der Waals surface area (Å²) >= 11 is 5.08. The fourth-order valence-electron chi connectivity index (χ4n) is 1.88. The maximum atomic E-state index is 5.31.